The molecule has 2 aliphatic rings. The van der Waals surface area contributed by atoms with Crippen molar-refractivity contribution in [3.8, 4) is 5.75 Å². The minimum atomic E-state index is -0.348. The quantitative estimate of drug-likeness (QED) is 0.890. The molecule has 2 N–H and O–H groups in total. The fourth-order valence-corrected chi connectivity index (χ4v) is 3.16. The molecule has 3 rings (SSSR count). The highest BCUT2D eigenvalue weighted by molar-refractivity contribution is 5.82. The summed E-state index contributed by atoms with van der Waals surface area (Å²) in [6.45, 7) is 3.63. The van der Waals surface area contributed by atoms with Crippen LogP contribution in [0, 0.1) is 5.92 Å². The molecule has 1 saturated heterocycles. The summed E-state index contributed by atoms with van der Waals surface area (Å²) in [5, 5.41) is 0. The van der Waals surface area contributed by atoms with Crippen molar-refractivity contribution >= 4 is 5.91 Å². The van der Waals surface area contributed by atoms with Crippen LogP contribution >= 0.6 is 0 Å². The van der Waals surface area contributed by atoms with Crippen LogP contribution in [0.5, 0.6) is 5.75 Å². The lowest BCUT2D eigenvalue weighted by Gasteiger charge is -2.35. The minimum Gasteiger partial charge on any atom is -0.480 e. The van der Waals surface area contributed by atoms with Crippen LogP contribution in [0.1, 0.15) is 25.3 Å². The molecule has 0 aromatic heterocycles. The predicted octanol–water partition coefficient (Wildman–Crippen LogP) is 1.58. The summed E-state index contributed by atoms with van der Waals surface area (Å²) in [5.74, 6) is 1.38. The summed E-state index contributed by atoms with van der Waals surface area (Å²) in [6, 6.07) is 8.04. The van der Waals surface area contributed by atoms with Crippen molar-refractivity contribution in [3.05, 3.63) is 29.8 Å². The van der Waals surface area contributed by atoms with Crippen molar-refractivity contribution in [2.24, 2.45) is 11.7 Å². The average molecular weight is 274 g/mol. The van der Waals surface area contributed by atoms with E-state index >= 15 is 0 Å². The number of likely N-dealkylation sites (tertiary alicyclic amines) is 1. The lowest BCUT2D eigenvalue weighted by Crippen LogP contribution is -2.49. The number of para-hydroxylation sites is 1. The Hall–Kier alpha value is -1.55. The number of carbonyl (C=O) groups is 1. The second-order valence-corrected chi connectivity index (χ2v) is 5.96. The normalized spacial score (nSPS) is 26.8. The molecule has 0 bridgehead atoms. The zero-order chi connectivity index (χ0) is 14.1. The second-order valence-electron chi connectivity index (χ2n) is 5.96. The van der Waals surface area contributed by atoms with Gasteiger partial charge in [-0.25, -0.2) is 0 Å². The Morgan fingerprint density at radius 2 is 2.25 bits per heavy atom. The SMILES string of the molecule is CC(N)C1CCCN(C(=O)C2Cc3ccccc3O2)C1. The lowest BCUT2D eigenvalue weighted by atomic mass is 9.92. The molecule has 1 aromatic carbocycles. The molecular formula is C16H22N2O2. The predicted molar refractivity (Wildman–Crippen MR) is 77.5 cm³/mol. The highest BCUT2D eigenvalue weighted by atomic mass is 16.5. The highest BCUT2D eigenvalue weighted by Gasteiger charge is 2.34. The van der Waals surface area contributed by atoms with Gasteiger partial charge in [-0.3, -0.25) is 4.79 Å². The first-order valence-corrected chi connectivity index (χ1v) is 7.44. The summed E-state index contributed by atoms with van der Waals surface area (Å²) < 4.78 is 5.80. The molecule has 1 aromatic rings. The van der Waals surface area contributed by atoms with Crippen LogP contribution in [0.25, 0.3) is 0 Å². The van der Waals surface area contributed by atoms with Crippen LogP contribution in [0.15, 0.2) is 24.3 Å². The number of fused-ring (bicyclic) bond motifs is 1. The summed E-state index contributed by atoms with van der Waals surface area (Å²) in [5.41, 5.74) is 7.11. The van der Waals surface area contributed by atoms with Gasteiger partial charge in [0.2, 0.25) is 0 Å². The molecule has 1 fully saturated rings. The van der Waals surface area contributed by atoms with E-state index in [-0.39, 0.29) is 18.1 Å². The van der Waals surface area contributed by atoms with Crippen LogP contribution in [0.3, 0.4) is 0 Å². The second kappa shape index (κ2) is 5.44. The molecule has 1 amide bonds. The summed E-state index contributed by atoms with van der Waals surface area (Å²) in [7, 11) is 0. The molecule has 4 nitrogen and oxygen atoms in total. The van der Waals surface area contributed by atoms with E-state index in [2.05, 4.69) is 0 Å². The van der Waals surface area contributed by atoms with Gasteiger partial charge in [0.25, 0.3) is 5.91 Å². The molecule has 3 unspecified atom stereocenters. The molecule has 3 atom stereocenters. The van der Waals surface area contributed by atoms with Crippen LogP contribution < -0.4 is 10.5 Å². The fourth-order valence-electron chi connectivity index (χ4n) is 3.16. The van der Waals surface area contributed by atoms with E-state index < -0.39 is 0 Å². The number of piperidine rings is 1. The molecule has 20 heavy (non-hydrogen) atoms. The molecule has 0 radical (unpaired) electrons. The molecule has 108 valence electrons. The van der Waals surface area contributed by atoms with Crippen LogP contribution in [0.2, 0.25) is 0 Å². The van der Waals surface area contributed by atoms with Gasteiger partial charge in [-0.05, 0) is 37.3 Å². The Morgan fingerprint density at radius 3 is 3.00 bits per heavy atom. The number of amides is 1. The average Bonchev–Trinajstić information content (AvgIpc) is 2.90. The number of carbonyl (C=O) groups excluding carboxylic acids is 1. The highest BCUT2D eigenvalue weighted by Crippen LogP contribution is 2.30. The summed E-state index contributed by atoms with van der Waals surface area (Å²) in [4.78, 5) is 14.5. The van der Waals surface area contributed by atoms with E-state index in [1.54, 1.807) is 0 Å². The van der Waals surface area contributed by atoms with E-state index in [1.807, 2.05) is 36.1 Å². The van der Waals surface area contributed by atoms with E-state index in [0.717, 1.165) is 37.2 Å². The molecule has 2 heterocycles. The van der Waals surface area contributed by atoms with Gasteiger partial charge in [-0.15, -0.1) is 0 Å². The number of hydrogen-bond donors (Lipinski definition) is 1. The largest absolute Gasteiger partial charge is 0.480 e. The smallest absolute Gasteiger partial charge is 0.264 e. The number of ether oxygens (including phenoxy) is 1. The van der Waals surface area contributed by atoms with E-state index in [0.29, 0.717) is 12.3 Å². The van der Waals surface area contributed by atoms with Crippen molar-refractivity contribution < 1.29 is 9.53 Å². The lowest BCUT2D eigenvalue weighted by molar-refractivity contribution is -0.139. The van der Waals surface area contributed by atoms with E-state index in [1.165, 1.54) is 0 Å². The standard InChI is InChI=1S/C16H22N2O2/c1-11(17)13-6-4-8-18(10-13)16(19)15-9-12-5-2-3-7-14(12)20-15/h2-3,5,7,11,13,15H,4,6,8-10,17H2,1H3. The minimum absolute atomic E-state index is 0.117. The Morgan fingerprint density at radius 1 is 1.45 bits per heavy atom. The van der Waals surface area contributed by atoms with Gasteiger partial charge in [-0.1, -0.05) is 18.2 Å². The molecule has 0 aliphatic carbocycles. The first-order valence-electron chi connectivity index (χ1n) is 7.44. The van der Waals surface area contributed by atoms with Gasteiger partial charge in [-0.2, -0.15) is 0 Å². The van der Waals surface area contributed by atoms with Gasteiger partial charge in [0.1, 0.15) is 5.75 Å². The Labute approximate surface area is 119 Å². The van der Waals surface area contributed by atoms with Crippen LogP contribution in [0.4, 0.5) is 0 Å². The zero-order valence-electron chi connectivity index (χ0n) is 11.9. The molecular weight excluding hydrogens is 252 g/mol. The van der Waals surface area contributed by atoms with Gasteiger partial charge in [0.05, 0.1) is 0 Å². The first-order chi connectivity index (χ1) is 9.65. The van der Waals surface area contributed by atoms with E-state index in [4.69, 9.17) is 10.5 Å². The van der Waals surface area contributed by atoms with Crippen molar-refractivity contribution in [2.45, 2.75) is 38.3 Å². The van der Waals surface area contributed by atoms with Crippen molar-refractivity contribution in [2.75, 3.05) is 13.1 Å². The number of nitrogens with zero attached hydrogens (tertiary/aromatic N) is 1. The van der Waals surface area contributed by atoms with Crippen LogP contribution in [-0.4, -0.2) is 36.0 Å². The topological polar surface area (TPSA) is 55.6 Å². The molecule has 4 heteroatoms. The third-order valence-corrected chi connectivity index (χ3v) is 4.44. The third kappa shape index (κ3) is 2.52. The zero-order valence-corrected chi connectivity index (χ0v) is 11.9. The van der Waals surface area contributed by atoms with Gasteiger partial charge < -0.3 is 15.4 Å². The number of benzene rings is 1. The number of nitrogens with two attached hydrogens (primary N) is 1. The van der Waals surface area contributed by atoms with Crippen molar-refractivity contribution in [3.63, 3.8) is 0 Å². The van der Waals surface area contributed by atoms with Crippen molar-refractivity contribution in [1.29, 1.82) is 0 Å². The Kier molecular flexibility index (Phi) is 3.66. The Balaban J connectivity index is 1.66. The van der Waals surface area contributed by atoms with E-state index in [9.17, 15) is 4.79 Å². The molecule has 2 aliphatic heterocycles. The first kappa shape index (κ1) is 13.4. The third-order valence-electron chi connectivity index (χ3n) is 4.44. The van der Waals surface area contributed by atoms with Crippen LogP contribution in [-0.2, 0) is 11.2 Å². The maximum atomic E-state index is 12.6. The number of rotatable bonds is 2. The summed E-state index contributed by atoms with van der Waals surface area (Å²) >= 11 is 0. The molecule has 0 saturated carbocycles. The van der Waals surface area contributed by atoms with Gasteiger partial charge in [0.15, 0.2) is 6.10 Å². The molecule has 0 spiro atoms. The van der Waals surface area contributed by atoms with Crippen molar-refractivity contribution in [1.82, 2.24) is 4.90 Å². The van der Waals surface area contributed by atoms with Gasteiger partial charge >= 0.3 is 0 Å². The Bertz CT molecular complexity index is 476. The summed E-state index contributed by atoms with van der Waals surface area (Å²) in [6.07, 6.45) is 2.50. The fraction of sp³-hybridized carbons (Fsp3) is 0.562. The maximum Gasteiger partial charge on any atom is 0.264 e. The number of hydrogen-bond acceptors (Lipinski definition) is 3. The monoisotopic (exact) mass is 274 g/mol. The maximum absolute atomic E-state index is 12.6. The van der Waals surface area contributed by atoms with Gasteiger partial charge in [0, 0.05) is 25.6 Å².